The van der Waals surface area contributed by atoms with Crippen LogP contribution in [-0.4, -0.2) is 32.5 Å². The summed E-state index contributed by atoms with van der Waals surface area (Å²) in [4.78, 5) is 18.4. The molecule has 6 nitrogen and oxygen atoms in total. The van der Waals surface area contributed by atoms with E-state index in [1.165, 1.54) is 23.9 Å². The quantitative estimate of drug-likeness (QED) is 0.759. The number of aryl methyl sites for hydroxylation is 1. The second-order valence-electron chi connectivity index (χ2n) is 6.83. The van der Waals surface area contributed by atoms with Crippen LogP contribution >= 0.6 is 0 Å². The van der Waals surface area contributed by atoms with Gasteiger partial charge in [-0.05, 0) is 30.7 Å². The molecule has 0 fully saturated rings. The fourth-order valence-electron chi connectivity index (χ4n) is 3.60. The van der Waals surface area contributed by atoms with E-state index in [1.54, 1.807) is 0 Å². The highest BCUT2D eigenvalue weighted by Gasteiger charge is 2.21. The topological polar surface area (TPSA) is 73.9 Å². The van der Waals surface area contributed by atoms with Gasteiger partial charge in [0, 0.05) is 55.3 Å². The molecule has 0 radical (unpaired) electrons. The van der Waals surface area contributed by atoms with Gasteiger partial charge in [0.1, 0.15) is 0 Å². The monoisotopic (exact) mass is 349 g/mol. The number of carbonyl (C=O) groups excluding carboxylic acids is 1. The van der Waals surface area contributed by atoms with E-state index >= 15 is 0 Å². The molecule has 1 aliphatic rings. The zero-order valence-corrected chi connectivity index (χ0v) is 15.2. The van der Waals surface area contributed by atoms with Crippen LogP contribution in [0.3, 0.4) is 0 Å². The summed E-state index contributed by atoms with van der Waals surface area (Å²) in [5.41, 5.74) is 6.65. The van der Waals surface area contributed by atoms with E-state index in [4.69, 9.17) is 4.98 Å². The van der Waals surface area contributed by atoms with Gasteiger partial charge < -0.3 is 5.32 Å². The number of hydrogen-bond acceptors (Lipinski definition) is 4. The van der Waals surface area contributed by atoms with E-state index in [-0.39, 0.29) is 5.91 Å². The van der Waals surface area contributed by atoms with Crippen LogP contribution in [0.1, 0.15) is 36.5 Å². The molecule has 2 aromatic heterocycles. The third-order valence-corrected chi connectivity index (χ3v) is 4.89. The van der Waals surface area contributed by atoms with Gasteiger partial charge in [0.2, 0.25) is 5.91 Å². The summed E-state index contributed by atoms with van der Waals surface area (Å²) in [5, 5.41) is 11.5. The molecule has 3 aromatic rings. The molecule has 0 saturated heterocycles. The van der Waals surface area contributed by atoms with Gasteiger partial charge in [-0.15, -0.1) is 0 Å². The molecule has 3 heterocycles. The number of amides is 1. The highest BCUT2D eigenvalue weighted by Crippen LogP contribution is 2.23. The maximum absolute atomic E-state index is 11.2. The Bertz CT molecular complexity index is 948. The first kappa shape index (κ1) is 16.7. The van der Waals surface area contributed by atoms with Crippen molar-refractivity contribution in [2.45, 2.75) is 39.8 Å². The highest BCUT2D eigenvalue weighted by atomic mass is 16.1. The van der Waals surface area contributed by atoms with Crippen molar-refractivity contribution in [2.75, 3.05) is 11.9 Å². The Balaban J connectivity index is 1.51. The number of rotatable bonds is 4. The molecule has 6 heteroatoms. The fourth-order valence-corrected chi connectivity index (χ4v) is 3.60. The number of carbonyl (C=O) groups is 1. The van der Waals surface area contributed by atoms with Gasteiger partial charge in [-0.3, -0.25) is 19.8 Å². The standard InChI is InChI=1S/C20H23N5O/c1-3-18-17-12-25(9-8-20(17)24-23-18)11-16-5-4-14-10-15(21-13(2)26)6-7-19(14)22-16/h4-7,10H,3,8-9,11-12H2,1-2H3,(H,21,26)(H,23,24). The molecule has 0 spiro atoms. The molecule has 134 valence electrons. The maximum Gasteiger partial charge on any atom is 0.221 e. The minimum Gasteiger partial charge on any atom is -0.326 e. The van der Waals surface area contributed by atoms with Crippen molar-refractivity contribution in [1.82, 2.24) is 20.1 Å². The summed E-state index contributed by atoms with van der Waals surface area (Å²) >= 11 is 0. The largest absolute Gasteiger partial charge is 0.326 e. The van der Waals surface area contributed by atoms with E-state index in [2.05, 4.69) is 39.5 Å². The van der Waals surface area contributed by atoms with Gasteiger partial charge in [0.05, 0.1) is 16.9 Å². The number of benzene rings is 1. The number of aromatic nitrogens is 3. The SMILES string of the molecule is CCc1n[nH]c2c1CN(Cc1ccc3cc(NC(C)=O)ccc3n1)CC2. The molecule has 26 heavy (non-hydrogen) atoms. The molecule has 2 N–H and O–H groups in total. The molecule has 4 rings (SSSR count). The van der Waals surface area contributed by atoms with Crippen LogP contribution in [0.15, 0.2) is 30.3 Å². The van der Waals surface area contributed by atoms with Crippen molar-refractivity contribution in [1.29, 1.82) is 0 Å². The van der Waals surface area contributed by atoms with Crippen molar-refractivity contribution in [2.24, 2.45) is 0 Å². The van der Waals surface area contributed by atoms with Crippen LogP contribution in [0.4, 0.5) is 5.69 Å². The Morgan fingerprint density at radius 3 is 3.00 bits per heavy atom. The average Bonchev–Trinajstić information content (AvgIpc) is 3.03. The van der Waals surface area contributed by atoms with Crippen LogP contribution in [-0.2, 0) is 30.7 Å². The molecule has 0 bridgehead atoms. The van der Waals surface area contributed by atoms with Crippen molar-refractivity contribution < 1.29 is 4.79 Å². The van der Waals surface area contributed by atoms with Gasteiger partial charge in [-0.2, -0.15) is 5.10 Å². The number of nitrogens with one attached hydrogen (secondary N) is 2. The molecule has 0 atom stereocenters. The predicted molar refractivity (Wildman–Crippen MR) is 102 cm³/mol. The first-order valence-electron chi connectivity index (χ1n) is 9.07. The van der Waals surface area contributed by atoms with E-state index in [1.807, 2.05) is 18.2 Å². The van der Waals surface area contributed by atoms with Crippen molar-refractivity contribution >= 4 is 22.5 Å². The summed E-state index contributed by atoms with van der Waals surface area (Å²) in [7, 11) is 0. The maximum atomic E-state index is 11.2. The number of H-pyrrole nitrogens is 1. The van der Waals surface area contributed by atoms with E-state index in [0.29, 0.717) is 0 Å². The number of anilines is 1. The summed E-state index contributed by atoms with van der Waals surface area (Å²) in [6.07, 6.45) is 1.97. The first-order chi connectivity index (χ1) is 12.6. The lowest BCUT2D eigenvalue weighted by Crippen LogP contribution is -2.30. The van der Waals surface area contributed by atoms with Crippen LogP contribution in [0.5, 0.6) is 0 Å². The molecular formula is C20H23N5O. The Morgan fingerprint density at radius 2 is 2.19 bits per heavy atom. The van der Waals surface area contributed by atoms with Crippen LogP contribution in [0.2, 0.25) is 0 Å². The number of fused-ring (bicyclic) bond motifs is 2. The molecule has 1 amide bonds. The molecule has 1 aliphatic heterocycles. The second-order valence-corrected chi connectivity index (χ2v) is 6.83. The van der Waals surface area contributed by atoms with Crippen molar-refractivity contribution in [3.05, 3.63) is 53.0 Å². The second kappa shape index (κ2) is 6.88. The van der Waals surface area contributed by atoms with Crippen molar-refractivity contribution in [3.63, 3.8) is 0 Å². The average molecular weight is 349 g/mol. The van der Waals surface area contributed by atoms with Crippen LogP contribution in [0, 0.1) is 0 Å². The Morgan fingerprint density at radius 1 is 1.31 bits per heavy atom. The van der Waals surface area contributed by atoms with Crippen LogP contribution in [0.25, 0.3) is 10.9 Å². The highest BCUT2D eigenvalue weighted by molar-refractivity contribution is 5.92. The first-order valence-corrected chi connectivity index (χ1v) is 9.07. The predicted octanol–water partition coefficient (Wildman–Crippen LogP) is 3.04. The van der Waals surface area contributed by atoms with E-state index in [9.17, 15) is 4.79 Å². The number of pyridine rings is 1. The minimum atomic E-state index is -0.0657. The zero-order valence-electron chi connectivity index (χ0n) is 15.2. The lowest BCUT2D eigenvalue weighted by atomic mass is 10.0. The van der Waals surface area contributed by atoms with Gasteiger partial charge in [0.25, 0.3) is 0 Å². The summed E-state index contributed by atoms with van der Waals surface area (Å²) in [6, 6.07) is 9.97. The van der Waals surface area contributed by atoms with E-state index in [0.717, 1.165) is 54.8 Å². The molecule has 0 saturated carbocycles. The van der Waals surface area contributed by atoms with Gasteiger partial charge in [-0.25, -0.2) is 0 Å². The van der Waals surface area contributed by atoms with Crippen molar-refractivity contribution in [3.8, 4) is 0 Å². The lowest BCUT2D eigenvalue weighted by Gasteiger charge is -2.26. The summed E-state index contributed by atoms with van der Waals surface area (Å²) in [5.74, 6) is -0.0657. The summed E-state index contributed by atoms with van der Waals surface area (Å²) in [6.45, 7) is 6.43. The van der Waals surface area contributed by atoms with Gasteiger partial charge in [0.15, 0.2) is 0 Å². The summed E-state index contributed by atoms with van der Waals surface area (Å²) < 4.78 is 0. The fraction of sp³-hybridized carbons (Fsp3) is 0.350. The third kappa shape index (κ3) is 3.32. The van der Waals surface area contributed by atoms with Gasteiger partial charge in [-0.1, -0.05) is 13.0 Å². The minimum absolute atomic E-state index is 0.0657. The Labute approximate surface area is 152 Å². The Kier molecular flexibility index (Phi) is 4.42. The van der Waals surface area contributed by atoms with Gasteiger partial charge >= 0.3 is 0 Å². The lowest BCUT2D eigenvalue weighted by molar-refractivity contribution is -0.114. The normalized spacial score (nSPS) is 14.4. The zero-order chi connectivity index (χ0) is 18.1. The molecule has 0 aliphatic carbocycles. The Hall–Kier alpha value is -2.73. The molecule has 1 aromatic carbocycles. The smallest absolute Gasteiger partial charge is 0.221 e. The molecular weight excluding hydrogens is 326 g/mol. The van der Waals surface area contributed by atoms with E-state index < -0.39 is 0 Å². The molecule has 0 unspecified atom stereocenters. The number of nitrogens with zero attached hydrogens (tertiary/aromatic N) is 3. The third-order valence-electron chi connectivity index (χ3n) is 4.89. The number of hydrogen-bond donors (Lipinski definition) is 2. The van der Waals surface area contributed by atoms with Crippen LogP contribution < -0.4 is 5.32 Å². The number of aromatic amines is 1.